The number of rotatable bonds is 7. The molecule has 7 heteroatoms. The molecule has 1 aromatic heterocycles. The van der Waals surface area contributed by atoms with Crippen LogP contribution in [0.25, 0.3) is 0 Å². The molecule has 0 aliphatic rings. The van der Waals surface area contributed by atoms with Crippen molar-refractivity contribution in [2.45, 2.75) is 32.2 Å². The van der Waals surface area contributed by atoms with Crippen LogP contribution in [0.4, 0.5) is 0 Å². The Morgan fingerprint density at radius 2 is 1.91 bits per heavy atom. The molecule has 0 aliphatic heterocycles. The molecule has 118 valence electrons. The van der Waals surface area contributed by atoms with Gasteiger partial charge in [0.05, 0.1) is 12.2 Å². The molecule has 0 bridgehead atoms. The van der Waals surface area contributed by atoms with Gasteiger partial charge in [-0.2, -0.15) is 0 Å². The second-order valence-corrected chi connectivity index (χ2v) is 5.08. The smallest absolute Gasteiger partial charge is 0.200 e. The first-order valence-electron chi connectivity index (χ1n) is 7.13. The maximum atomic E-state index is 9.49. The van der Waals surface area contributed by atoms with E-state index in [-0.39, 0.29) is 11.5 Å². The van der Waals surface area contributed by atoms with Crippen LogP contribution in [0.2, 0.25) is 0 Å². The van der Waals surface area contributed by atoms with E-state index < -0.39 is 5.75 Å². The number of phenols is 3. The van der Waals surface area contributed by atoms with Crippen molar-refractivity contribution in [3.63, 3.8) is 0 Å². The summed E-state index contributed by atoms with van der Waals surface area (Å²) in [6.45, 7) is 0.358. The third-order valence-corrected chi connectivity index (χ3v) is 3.26. The van der Waals surface area contributed by atoms with Crippen molar-refractivity contribution in [3.05, 3.63) is 29.6 Å². The van der Waals surface area contributed by atoms with Gasteiger partial charge in [0, 0.05) is 13.2 Å². The van der Waals surface area contributed by atoms with E-state index >= 15 is 0 Å². The molecule has 0 saturated heterocycles. The summed E-state index contributed by atoms with van der Waals surface area (Å²) in [5.41, 5.74) is 1.53. The second-order valence-electron chi connectivity index (χ2n) is 5.08. The lowest BCUT2D eigenvalue weighted by atomic mass is 10.1. The summed E-state index contributed by atoms with van der Waals surface area (Å²) in [6.07, 6.45) is 7.64. The van der Waals surface area contributed by atoms with Gasteiger partial charge in [0.1, 0.15) is 0 Å². The summed E-state index contributed by atoms with van der Waals surface area (Å²) < 4.78 is 1.63. The number of nitrogens with zero attached hydrogens (tertiary/aromatic N) is 4. The zero-order chi connectivity index (χ0) is 15.9. The highest BCUT2D eigenvalue weighted by atomic mass is 16.3. The first kappa shape index (κ1) is 15.8. The predicted molar refractivity (Wildman–Crippen MR) is 82.5 cm³/mol. The van der Waals surface area contributed by atoms with Gasteiger partial charge in [-0.05, 0) is 49.6 Å². The normalized spacial score (nSPS) is 11.3. The van der Waals surface area contributed by atoms with Crippen molar-refractivity contribution in [2.75, 3.05) is 7.05 Å². The van der Waals surface area contributed by atoms with E-state index in [1.54, 1.807) is 11.7 Å². The Labute approximate surface area is 128 Å². The molecule has 0 fully saturated rings. The molecule has 0 aliphatic carbocycles. The number of aromatic hydroxyl groups is 3. The SMILES string of the molecule is CN=CCCCCc1cn(Cc2cc(O)c(O)c(O)c2)nn1. The number of unbranched alkanes of at least 4 members (excludes halogenated alkanes) is 2. The fraction of sp³-hybridized carbons (Fsp3) is 0.400. The Bertz CT molecular complexity index is 629. The lowest BCUT2D eigenvalue weighted by molar-refractivity contribution is 0.366. The van der Waals surface area contributed by atoms with Crippen LogP contribution < -0.4 is 0 Å². The summed E-state index contributed by atoms with van der Waals surface area (Å²) in [5.74, 6) is -1.22. The molecule has 22 heavy (non-hydrogen) atoms. The van der Waals surface area contributed by atoms with Crippen molar-refractivity contribution in [2.24, 2.45) is 4.99 Å². The van der Waals surface area contributed by atoms with E-state index in [0.717, 1.165) is 31.4 Å². The third kappa shape index (κ3) is 4.21. The van der Waals surface area contributed by atoms with Crippen molar-refractivity contribution < 1.29 is 15.3 Å². The Balaban J connectivity index is 1.92. The van der Waals surface area contributed by atoms with E-state index in [4.69, 9.17) is 0 Å². The summed E-state index contributed by atoms with van der Waals surface area (Å²) in [6, 6.07) is 2.78. The maximum absolute atomic E-state index is 9.49. The van der Waals surface area contributed by atoms with Crippen LogP contribution in [0, 0.1) is 0 Å². The fourth-order valence-electron chi connectivity index (χ4n) is 2.14. The van der Waals surface area contributed by atoms with Crippen LogP contribution in [0.3, 0.4) is 0 Å². The minimum absolute atomic E-state index is 0.354. The predicted octanol–water partition coefficient (Wildman–Crippen LogP) is 1.86. The van der Waals surface area contributed by atoms with E-state index in [0.29, 0.717) is 12.1 Å². The van der Waals surface area contributed by atoms with Crippen molar-refractivity contribution in [1.29, 1.82) is 0 Å². The number of aryl methyl sites for hydroxylation is 1. The average molecular weight is 304 g/mol. The molecule has 0 radical (unpaired) electrons. The van der Waals surface area contributed by atoms with Gasteiger partial charge in [-0.3, -0.25) is 0 Å². The van der Waals surface area contributed by atoms with Gasteiger partial charge in [0.15, 0.2) is 17.2 Å². The van der Waals surface area contributed by atoms with Gasteiger partial charge in [-0.1, -0.05) is 5.21 Å². The lowest BCUT2D eigenvalue weighted by Crippen LogP contribution is -2.00. The molecule has 0 atom stereocenters. The summed E-state index contributed by atoms with van der Waals surface area (Å²) >= 11 is 0. The van der Waals surface area contributed by atoms with Crippen LogP contribution in [-0.2, 0) is 13.0 Å². The van der Waals surface area contributed by atoms with E-state index in [2.05, 4.69) is 15.3 Å². The van der Waals surface area contributed by atoms with E-state index in [1.807, 2.05) is 12.4 Å². The summed E-state index contributed by atoms with van der Waals surface area (Å²) in [7, 11) is 1.77. The van der Waals surface area contributed by atoms with Gasteiger partial charge in [0.25, 0.3) is 0 Å². The van der Waals surface area contributed by atoms with Gasteiger partial charge in [-0.15, -0.1) is 5.10 Å². The van der Waals surface area contributed by atoms with Crippen molar-refractivity contribution in [3.8, 4) is 17.2 Å². The van der Waals surface area contributed by atoms with Crippen molar-refractivity contribution >= 4 is 6.21 Å². The number of aliphatic imine (C=N–C) groups is 1. The molecule has 3 N–H and O–H groups in total. The standard InChI is InChI=1S/C15H20N4O3/c1-16-6-4-2-3-5-12-10-19(18-17-12)9-11-7-13(20)15(22)14(21)8-11/h6-8,10,20-22H,2-5,9H2,1H3. The Morgan fingerprint density at radius 3 is 2.59 bits per heavy atom. The quantitative estimate of drug-likeness (QED) is 0.411. The average Bonchev–Trinajstić information content (AvgIpc) is 2.92. The first-order valence-corrected chi connectivity index (χ1v) is 7.13. The number of hydrogen-bond acceptors (Lipinski definition) is 6. The van der Waals surface area contributed by atoms with Crippen LogP contribution in [0.1, 0.15) is 30.5 Å². The number of phenolic OH excluding ortho intramolecular Hbond substituents is 3. The van der Waals surface area contributed by atoms with Gasteiger partial charge in [0.2, 0.25) is 0 Å². The van der Waals surface area contributed by atoms with E-state index in [9.17, 15) is 15.3 Å². The topological polar surface area (TPSA) is 104 Å². The second kappa shape index (κ2) is 7.44. The minimum atomic E-state index is -0.515. The number of benzene rings is 1. The number of aromatic nitrogens is 3. The van der Waals surface area contributed by atoms with Crippen LogP contribution in [-0.4, -0.2) is 43.6 Å². The zero-order valence-corrected chi connectivity index (χ0v) is 12.5. The minimum Gasteiger partial charge on any atom is -0.504 e. The zero-order valence-electron chi connectivity index (χ0n) is 12.5. The molecule has 2 aromatic rings. The lowest BCUT2D eigenvalue weighted by Gasteiger charge is -2.05. The molecule has 0 unspecified atom stereocenters. The maximum Gasteiger partial charge on any atom is 0.200 e. The molecule has 0 saturated carbocycles. The molecule has 0 spiro atoms. The van der Waals surface area contributed by atoms with Gasteiger partial charge >= 0.3 is 0 Å². The third-order valence-electron chi connectivity index (χ3n) is 3.26. The fourth-order valence-corrected chi connectivity index (χ4v) is 2.14. The van der Waals surface area contributed by atoms with Gasteiger partial charge in [-0.25, -0.2) is 4.68 Å². The monoisotopic (exact) mass is 304 g/mol. The largest absolute Gasteiger partial charge is 0.504 e. The van der Waals surface area contributed by atoms with Gasteiger partial charge < -0.3 is 20.3 Å². The molecule has 0 amide bonds. The Kier molecular flexibility index (Phi) is 5.35. The first-order chi connectivity index (χ1) is 10.6. The summed E-state index contributed by atoms with van der Waals surface area (Å²) in [5, 5.41) is 36.4. The van der Waals surface area contributed by atoms with Crippen LogP contribution in [0.15, 0.2) is 23.3 Å². The Hall–Kier alpha value is -2.57. The van der Waals surface area contributed by atoms with Crippen LogP contribution >= 0.6 is 0 Å². The summed E-state index contributed by atoms with van der Waals surface area (Å²) in [4.78, 5) is 3.94. The number of hydrogen-bond donors (Lipinski definition) is 3. The molecule has 1 aromatic carbocycles. The molecule has 1 heterocycles. The molecule has 2 rings (SSSR count). The highest BCUT2D eigenvalue weighted by molar-refractivity contribution is 5.56. The van der Waals surface area contributed by atoms with E-state index in [1.165, 1.54) is 12.1 Å². The molecular weight excluding hydrogens is 284 g/mol. The highest BCUT2D eigenvalue weighted by Gasteiger charge is 2.09. The Morgan fingerprint density at radius 1 is 1.18 bits per heavy atom. The van der Waals surface area contributed by atoms with Crippen molar-refractivity contribution in [1.82, 2.24) is 15.0 Å². The van der Waals surface area contributed by atoms with Crippen LogP contribution in [0.5, 0.6) is 17.2 Å². The molecule has 7 nitrogen and oxygen atoms in total. The molecular formula is C15H20N4O3. The highest BCUT2D eigenvalue weighted by Crippen LogP contribution is 2.35.